The Morgan fingerprint density at radius 3 is 2.29 bits per heavy atom. The molecule has 0 atom stereocenters. The van der Waals surface area contributed by atoms with Gasteiger partial charge in [0.05, 0.1) is 36.7 Å². The first-order chi connectivity index (χ1) is 13.4. The first-order valence-electron chi connectivity index (χ1n) is 9.99. The number of carbonyl (C=O) groups excluding carboxylic acids is 1. The number of halogens is 3. The van der Waals surface area contributed by atoms with Crippen molar-refractivity contribution in [2.45, 2.75) is 38.3 Å². The molecule has 0 bridgehead atoms. The second-order valence-electron chi connectivity index (χ2n) is 7.42. The summed E-state index contributed by atoms with van der Waals surface area (Å²) in [4.78, 5) is 16.6. The molecule has 2 fully saturated rings. The highest BCUT2D eigenvalue weighted by Gasteiger charge is 2.32. The smallest absolute Gasteiger partial charge is 0.378 e. The number of nitrogens with one attached hydrogen (secondary N) is 1. The molecule has 28 heavy (non-hydrogen) atoms. The fraction of sp³-hybridized carbons (Fsp3) is 0.650. The van der Waals surface area contributed by atoms with Crippen LogP contribution in [-0.4, -0.2) is 56.7 Å². The molecule has 0 aromatic heterocycles. The molecule has 3 rings (SSSR count). The van der Waals surface area contributed by atoms with Gasteiger partial charge in [-0.05, 0) is 44.1 Å². The Balaban J connectivity index is 1.74. The van der Waals surface area contributed by atoms with Crippen molar-refractivity contribution in [3.63, 3.8) is 0 Å². The Kier molecular flexibility index (Phi) is 7.18. The van der Waals surface area contributed by atoms with Crippen molar-refractivity contribution < 1.29 is 22.7 Å². The van der Waals surface area contributed by atoms with Crippen LogP contribution in [0, 0.1) is 0 Å². The Bertz CT molecular complexity index is 653. The summed E-state index contributed by atoms with van der Waals surface area (Å²) in [6.45, 7) is 4.11. The molecule has 2 saturated heterocycles. The lowest BCUT2D eigenvalue weighted by atomic mass is 10.1. The van der Waals surface area contributed by atoms with Gasteiger partial charge in [0, 0.05) is 13.1 Å². The highest BCUT2D eigenvalue weighted by Crippen LogP contribution is 2.35. The number of carbonyl (C=O) groups is 1. The fourth-order valence-corrected chi connectivity index (χ4v) is 3.76. The zero-order chi connectivity index (χ0) is 20.0. The largest absolute Gasteiger partial charge is 0.416 e. The van der Waals surface area contributed by atoms with Gasteiger partial charge in [0.15, 0.2) is 0 Å². The number of hydrogen-bond acceptors (Lipinski definition) is 4. The molecule has 0 aliphatic carbocycles. The first-order valence-corrected chi connectivity index (χ1v) is 9.99. The molecule has 5 nitrogen and oxygen atoms in total. The molecular weight excluding hydrogens is 371 g/mol. The van der Waals surface area contributed by atoms with Crippen molar-refractivity contribution in [2.75, 3.05) is 56.2 Å². The van der Waals surface area contributed by atoms with E-state index >= 15 is 0 Å². The van der Waals surface area contributed by atoms with E-state index in [1.807, 2.05) is 4.90 Å². The molecule has 2 aliphatic heterocycles. The van der Waals surface area contributed by atoms with E-state index in [1.54, 1.807) is 0 Å². The van der Waals surface area contributed by atoms with E-state index in [4.69, 9.17) is 4.74 Å². The number of hydrogen-bond donors (Lipinski definition) is 1. The highest BCUT2D eigenvalue weighted by molar-refractivity contribution is 5.95. The van der Waals surface area contributed by atoms with E-state index in [1.165, 1.54) is 12.5 Å². The highest BCUT2D eigenvalue weighted by atomic mass is 19.4. The molecule has 1 N–H and O–H groups in total. The summed E-state index contributed by atoms with van der Waals surface area (Å²) in [7, 11) is 0. The van der Waals surface area contributed by atoms with Gasteiger partial charge in [0.25, 0.3) is 0 Å². The van der Waals surface area contributed by atoms with Gasteiger partial charge in [0.1, 0.15) is 0 Å². The summed E-state index contributed by atoms with van der Waals surface area (Å²) in [5.41, 5.74) is 0.0668. The van der Waals surface area contributed by atoms with Crippen molar-refractivity contribution in [1.29, 1.82) is 0 Å². The number of rotatable bonds is 4. The number of anilines is 2. The van der Waals surface area contributed by atoms with Crippen LogP contribution >= 0.6 is 0 Å². The van der Waals surface area contributed by atoms with Gasteiger partial charge in [-0.3, -0.25) is 9.69 Å². The summed E-state index contributed by atoms with van der Waals surface area (Å²) >= 11 is 0. The van der Waals surface area contributed by atoms with Crippen LogP contribution in [0.2, 0.25) is 0 Å². The second-order valence-corrected chi connectivity index (χ2v) is 7.42. The predicted molar refractivity (Wildman–Crippen MR) is 103 cm³/mol. The molecule has 1 aromatic carbocycles. The van der Waals surface area contributed by atoms with Crippen molar-refractivity contribution in [2.24, 2.45) is 0 Å². The van der Waals surface area contributed by atoms with Crippen LogP contribution < -0.4 is 10.2 Å². The quantitative estimate of drug-likeness (QED) is 0.838. The first kappa shape index (κ1) is 20.9. The normalized spacial score (nSPS) is 19.8. The Morgan fingerprint density at radius 1 is 1.00 bits per heavy atom. The molecule has 2 heterocycles. The summed E-state index contributed by atoms with van der Waals surface area (Å²) in [6.07, 6.45) is 1.20. The Hall–Kier alpha value is -1.80. The lowest BCUT2D eigenvalue weighted by molar-refractivity contribution is -0.137. The lowest BCUT2D eigenvalue weighted by Crippen LogP contribution is -2.38. The maximum atomic E-state index is 13.2. The van der Waals surface area contributed by atoms with Crippen molar-refractivity contribution >= 4 is 17.3 Å². The summed E-state index contributed by atoms with van der Waals surface area (Å²) < 4.78 is 44.9. The van der Waals surface area contributed by atoms with Crippen LogP contribution in [0.3, 0.4) is 0 Å². The number of morpholine rings is 1. The number of alkyl halides is 3. The molecule has 0 unspecified atom stereocenters. The Morgan fingerprint density at radius 2 is 1.64 bits per heavy atom. The topological polar surface area (TPSA) is 44.8 Å². The van der Waals surface area contributed by atoms with Gasteiger partial charge < -0.3 is 15.0 Å². The minimum atomic E-state index is -4.45. The molecule has 2 aliphatic rings. The zero-order valence-electron chi connectivity index (χ0n) is 16.1. The summed E-state index contributed by atoms with van der Waals surface area (Å²) in [6, 6.07) is 3.55. The van der Waals surface area contributed by atoms with Crippen molar-refractivity contribution in [3.05, 3.63) is 23.8 Å². The van der Waals surface area contributed by atoms with Gasteiger partial charge in [0.2, 0.25) is 5.91 Å². The standard InChI is InChI=1S/C20H28F3N3O2/c21-20(22,23)16-6-7-18(26-10-12-28-13-11-26)17(14-16)24-19(27)15-25-8-4-2-1-3-5-9-25/h6-7,14H,1-5,8-13,15H2,(H,24,27). The SMILES string of the molecule is O=C(CN1CCCCCCC1)Nc1cc(C(F)(F)F)ccc1N1CCOCC1. The third-order valence-corrected chi connectivity index (χ3v) is 5.27. The van der Waals surface area contributed by atoms with E-state index in [2.05, 4.69) is 10.2 Å². The summed E-state index contributed by atoms with van der Waals surface area (Å²) in [5, 5.41) is 2.74. The number of nitrogens with zero attached hydrogens (tertiary/aromatic N) is 2. The van der Waals surface area contributed by atoms with Crippen LogP contribution in [0.4, 0.5) is 24.5 Å². The second kappa shape index (κ2) is 9.60. The fourth-order valence-electron chi connectivity index (χ4n) is 3.76. The molecule has 0 saturated carbocycles. The molecular formula is C20H28F3N3O2. The molecule has 8 heteroatoms. The number of benzene rings is 1. The van der Waals surface area contributed by atoms with E-state index in [0.29, 0.717) is 32.0 Å². The number of amides is 1. The minimum Gasteiger partial charge on any atom is -0.378 e. The molecule has 0 radical (unpaired) electrons. The third-order valence-electron chi connectivity index (χ3n) is 5.27. The van der Waals surface area contributed by atoms with Gasteiger partial charge in [-0.1, -0.05) is 19.3 Å². The maximum Gasteiger partial charge on any atom is 0.416 e. The molecule has 156 valence electrons. The van der Waals surface area contributed by atoms with Gasteiger partial charge in [-0.25, -0.2) is 0 Å². The minimum absolute atomic E-state index is 0.207. The average molecular weight is 399 g/mol. The summed E-state index contributed by atoms with van der Waals surface area (Å²) in [5.74, 6) is -0.269. The molecule has 1 amide bonds. The van der Waals surface area contributed by atoms with E-state index in [9.17, 15) is 18.0 Å². The molecule has 0 spiro atoms. The monoisotopic (exact) mass is 399 g/mol. The number of ether oxygens (including phenoxy) is 1. The predicted octanol–water partition coefficient (Wildman–Crippen LogP) is 3.75. The lowest BCUT2D eigenvalue weighted by Gasteiger charge is -2.31. The average Bonchev–Trinajstić information content (AvgIpc) is 2.64. The van der Waals surface area contributed by atoms with E-state index in [0.717, 1.165) is 50.9 Å². The van der Waals surface area contributed by atoms with Crippen LogP contribution in [0.25, 0.3) is 0 Å². The zero-order valence-corrected chi connectivity index (χ0v) is 16.1. The van der Waals surface area contributed by atoms with Crippen LogP contribution in [0.5, 0.6) is 0 Å². The van der Waals surface area contributed by atoms with Gasteiger partial charge >= 0.3 is 6.18 Å². The van der Waals surface area contributed by atoms with Gasteiger partial charge in [-0.2, -0.15) is 13.2 Å². The van der Waals surface area contributed by atoms with Gasteiger partial charge in [-0.15, -0.1) is 0 Å². The van der Waals surface area contributed by atoms with Crippen LogP contribution in [0.15, 0.2) is 18.2 Å². The van der Waals surface area contributed by atoms with E-state index in [-0.39, 0.29) is 18.1 Å². The number of likely N-dealkylation sites (tertiary alicyclic amines) is 1. The Labute approximate surface area is 163 Å². The van der Waals surface area contributed by atoms with Crippen molar-refractivity contribution in [1.82, 2.24) is 4.90 Å². The maximum absolute atomic E-state index is 13.2. The molecule has 1 aromatic rings. The third kappa shape index (κ3) is 5.85. The van der Waals surface area contributed by atoms with Crippen LogP contribution in [-0.2, 0) is 15.7 Å². The van der Waals surface area contributed by atoms with E-state index < -0.39 is 11.7 Å². The van der Waals surface area contributed by atoms with Crippen LogP contribution in [0.1, 0.15) is 37.7 Å². The van der Waals surface area contributed by atoms with Crippen molar-refractivity contribution in [3.8, 4) is 0 Å².